The zero-order valence-electron chi connectivity index (χ0n) is 11.1. The van der Waals surface area contributed by atoms with Gasteiger partial charge >= 0.3 is 0 Å². The van der Waals surface area contributed by atoms with Crippen molar-refractivity contribution in [3.8, 4) is 0 Å². The van der Waals surface area contributed by atoms with E-state index in [0.717, 1.165) is 19.3 Å². The summed E-state index contributed by atoms with van der Waals surface area (Å²) >= 11 is 0. The van der Waals surface area contributed by atoms with Gasteiger partial charge in [0.25, 0.3) is 0 Å². The molecular weight excluding hydrogens is 196 g/mol. The zero-order chi connectivity index (χ0) is 12.1. The van der Waals surface area contributed by atoms with Gasteiger partial charge in [-0.25, -0.2) is 0 Å². The molecule has 0 aliphatic heterocycles. The van der Waals surface area contributed by atoms with E-state index in [-0.39, 0.29) is 0 Å². The zero-order valence-corrected chi connectivity index (χ0v) is 11.1. The van der Waals surface area contributed by atoms with Gasteiger partial charge in [0.05, 0.1) is 0 Å². The number of carbonyl (C=O) groups is 1. The van der Waals surface area contributed by atoms with Crippen molar-refractivity contribution in [2.75, 3.05) is 0 Å². The number of hydrogen-bond acceptors (Lipinski definition) is 1. The van der Waals surface area contributed by atoms with Crippen molar-refractivity contribution in [2.24, 2.45) is 0 Å². The van der Waals surface area contributed by atoms with Crippen LogP contribution in [0.5, 0.6) is 0 Å². The molecule has 1 nitrogen and oxygen atoms in total. The quantitative estimate of drug-likeness (QED) is 0.354. The Labute approximate surface area is 101 Å². The van der Waals surface area contributed by atoms with Gasteiger partial charge < -0.3 is 0 Å². The van der Waals surface area contributed by atoms with E-state index in [0.29, 0.717) is 5.78 Å². The minimum absolute atomic E-state index is 0.312. The number of carbonyl (C=O) groups excluding carboxylic acids is 1. The summed E-state index contributed by atoms with van der Waals surface area (Å²) in [6, 6.07) is 0. The molecule has 0 aliphatic rings. The molecule has 0 aromatic carbocycles. The van der Waals surface area contributed by atoms with Crippen molar-refractivity contribution in [3.63, 3.8) is 0 Å². The van der Waals surface area contributed by atoms with E-state index < -0.39 is 0 Å². The molecule has 0 spiro atoms. The molecule has 0 saturated carbocycles. The molecule has 0 fully saturated rings. The van der Waals surface area contributed by atoms with Crippen LogP contribution in [-0.4, -0.2) is 5.78 Å². The molecule has 16 heavy (non-hydrogen) atoms. The second-order valence-electron chi connectivity index (χ2n) is 4.53. The Morgan fingerprint density at radius 2 is 1.50 bits per heavy atom. The first kappa shape index (κ1) is 15.4. The van der Waals surface area contributed by atoms with E-state index >= 15 is 0 Å². The third-order valence-corrected chi connectivity index (χ3v) is 2.80. The fourth-order valence-corrected chi connectivity index (χ4v) is 1.70. The maximum atomic E-state index is 11.4. The van der Waals surface area contributed by atoms with Crippen molar-refractivity contribution in [3.05, 3.63) is 12.2 Å². The summed E-state index contributed by atoms with van der Waals surface area (Å²) in [4.78, 5) is 11.4. The van der Waals surface area contributed by atoms with E-state index in [9.17, 15) is 4.79 Å². The van der Waals surface area contributed by atoms with Crippen molar-refractivity contribution in [1.29, 1.82) is 0 Å². The van der Waals surface area contributed by atoms with E-state index in [4.69, 9.17) is 0 Å². The molecule has 0 N–H and O–H groups in total. The lowest BCUT2D eigenvalue weighted by Crippen LogP contribution is -1.92. The van der Waals surface area contributed by atoms with Crippen LogP contribution >= 0.6 is 0 Å². The van der Waals surface area contributed by atoms with Crippen LogP contribution in [0.1, 0.15) is 78.1 Å². The van der Waals surface area contributed by atoms with E-state index in [1.54, 1.807) is 6.08 Å². The average molecular weight is 224 g/mol. The second kappa shape index (κ2) is 12.5. The number of ketones is 1. The van der Waals surface area contributed by atoms with Crippen LogP contribution in [0.25, 0.3) is 0 Å². The van der Waals surface area contributed by atoms with Gasteiger partial charge in [-0.3, -0.25) is 4.79 Å². The maximum absolute atomic E-state index is 11.4. The van der Waals surface area contributed by atoms with Gasteiger partial charge in [0.2, 0.25) is 0 Å². The standard InChI is InChI=1S/C15H28O/c1-3-5-7-9-10-12-14-15(16)13-11-8-6-4-2/h11,13H,3-10,12,14H2,1-2H3/b13-11+. The highest BCUT2D eigenvalue weighted by molar-refractivity contribution is 5.89. The summed E-state index contributed by atoms with van der Waals surface area (Å²) in [5.41, 5.74) is 0. The van der Waals surface area contributed by atoms with Crippen LogP contribution in [0.2, 0.25) is 0 Å². The van der Waals surface area contributed by atoms with Crippen molar-refractivity contribution in [1.82, 2.24) is 0 Å². The van der Waals surface area contributed by atoms with Crippen LogP contribution < -0.4 is 0 Å². The number of allylic oxidation sites excluding steroid dienone is 2. The lowest BCUT2D eigenvalue weighted by Gasteiger charge is -1.98. The van der Waals surface area contributed by atoms with Crippen molar-refractivity contribution < 1.29 is 4.79 Å². The molecule has 0 aromatic heterocycles. The molecule has 0 unspecified atom stereocenters. The number of hydrogen-bond donors (Lipinski definition) is 0. The first-order chi connectivity index (χ1) is 7.81. The predicted octanol–water partition coefficient (Wildman–Crippen LogP) is 5.05. The molecule has 0 rings (SSSR count). The van der Waals surface area contributed by atoms with Crippen LogP contribution in [0.4, 0.5) is 0 Å². The minimum atomic E-state index is 0.312. The van der Waals surface area contributed by atoms with Gasteiger partial charge in [0.15, 0.2) is 5.78 Å². The van der Waals surface area contributed by atoms with E-state index in [1.807, 2.05) is 6.08 Å². The summed E-state index contributed by atoms with van der Waals surface area (Å²) in [7, 11) is 0. The fraction of sp³-hybridized carbons (Fsp3) is 0.800. The fourth-order valence-electron chi connectivity index (χ4n) is 1.70. The maximum Gasteiger partial charge on any atom is 0.155 e. The Morgan fingerprint density at radius 3 is 2.19 bits per heavy atom. The molecule has 0 atom stereocenters. The monoisotopic (exact) mass is 224 g/mol. The molecule has 94 valence electrons. The van der Waals surface area contributed by atoms with E-state index in [1.165, 1.54) is 44.9 Å². The molecule has 0 heterocycles. The van der Waals surface area contributed by atoms with Gasteiger partial charge in [-0.2, -0.15) is 0 Å². The van der Waals surface area contributed by atoms with Crippen LogP contribution in [0.3, 0.4) is 0 Å². The van der Waals surface area contributed by atoms with Crippen LogP contribution in [0, 0.1) is 0 Å². The van der Waals surface area contributed by atoms with Crippen LogP contribution in [0.15, 0.2) is 12.2 Å². The molecule has 0 radical (unpaired) electrons. The average Bonchev–Trinajstić information content (AvgIpc) is 2.29. The second-order valence-corrected chi connectivity index (χ2v) is 4.53. The Balaban J connectivity index is 3.26. The SMILES string of the molecule is CCCC/C=C/C(=O)CCCCCCCC. The van der Waals surface area contributed by atoms with E-state index in [2.05, 4.69) is 13.8 Å². The highest BCUT2D eigenvalue weighted by Gasteiger charge is 1.96. The molecule has 1 heteroatoms. The highest BCUT2D eigenvalue weighted by atomic mass is 16.1. The lowest BCUT2D eigenvalue weighted by atomic mass is 10.1. The summed E-state index contributed by atoms with van der Waals surface area (Å²) < 4.78 is 0. The molecular formula is C15H28O. The van der Waals surface area contributed by atoms with Gasteiger partial charge in [0, 0.05) is 6.42 Å². The number of unbranched alkanes of at least 4 members (excludes halogenated alkanes) is 7. The third kappa shape index (κ3) is 11.5. The Hall–Kier alpha value is -0.590. The first-order valence-corrected chi connectivity index (χ1v) is 7.00. The molecule has 0 saturated heterocycles. The molecule has 0 amide bonds. The minimum Gasteiger partial charge on any atom is -0.295 e. The normalized spacial score (nSPS) is 11.1. The molecule has 0 aromatic rings. The Morgan fingerprint density at radius 1 is 0.875 bits per heavy atom. The Kier molecular flexibility index (Phi) is 12.0. The lowest BCUT2D eigenvalue weighted by molar-refractivity contribution is -0.114. The third-order valence-electron chi connectivity index (χ3n) is 2.80. The number of rotatable bonds is 11. The molecule has 0 aliphatic carbocycles. The van der Waals surface area contributed by atoms with Gasteiger partial charge in [0.1, 0.15) is 0 Å². The summed E-state index contributed by atoms with van der Waals surface area (Å²) in [5.74, 6) is 0.312. The topological polar surface area (TPSA) is 17.1 Å². The van der Waals surface area contributed by atoms with Crippen LogP contribution in [-0.2, 0) is 4.79 Å². The van der Waals surface area contributed by atoms with Gasteiger partial charge in [-0.1, -0.05) is 64.9 Å². The largest absolute Gasteiger partial charge is 0.295 e. The van der Waals surface area contributed by atoms with Crippen molar-refractivity contribution >= 4 is 5.78 Å². The first-order valence-electron chi connectivity index (χ1n) is 7.00. The van der Waals surface area contributed by atoms with Gasteiger partial charge in [-0.05, 0) is 18.9 Å². The highest BCUT2D eigenvalue weighted by Crippen LogP contribution is 2.07. The predicted molar refractivity (Wildman–Crippen MR) is 71.7 cm³/mol. The van der Waals surface area contributed by atoms with Crippen molar-refractivity contribution in [2.45, 2.75) is 78.1 Å². The molecule has 0 bridgehead atoms. The summed E-state index contributed by atoms with van der Waals surface area (Å²) in [6.45, 7) is 4.40. The smallest absolute Gasteiger partial charge is 0.155 e. The summed E-state index contributed by atoms with van der Waals surface area (Å²) in [6.07, 6.45) is 15.5. The van der Waals surface area contributed by atoms with Gasteiger partial charge in [-0.15, -0.1) is 0 Å². The Bertz CT molecular complexity index is 182. The summed E-state index contributed by atoms with van der Waals surface area (Å²) in [5, 5.41) is 0.